The first kappa shape index (κ1) is 13.2. The van der Waals surface area contributed by atoms with E-state index in [1.54, 1.807) is 17.2 Å². The summed E-state index contributed by atoms with van der Waals surface area (Å²) >= 11 is 0. The molecule has 108 valence electrons. The molecule has 0 spiro atoms. The van der Waals surface area contributed by atoms with Crippen molar-refractivity contribution in [3.05, 3.63) is 12.4 Å². The van der Waals surface area contributed by atoms with Gasteiger partial charge in [0.05, 0.1) is 30.9 Å². The van der Waals surface area contributed by atoms with E-state index in [9.17, 15) is 9.59 Å². The molecule has 2 fully saturated rings. The van der Waals surface area contributed by atoms with Gasteiger partial charge in [0.25, 0.3) is 0 Å². The van der Waals surface area contributed by atoms with Crippen molar-refractivity contribution in [3.63, 3.8) is 0 Å². The SMILES string of the molecule is CCN1C(=O)CC(N2CCC(n3nccn3)CC2)C1=O. The summed E-state index contributed by atoms with van der Waals surface area (Å²) < 4.78 is 0. The number of piperidine rings is 1. The van der Waals surface area contributed by atoms with Crippen molar-refractivity contribution < 1.29 is 9.59 Å². The Balaban J connectivity index is 1.61. The van der Waals surface area contributed by atoms with Crippen molar-refractivity contribution in [3.8, 4) is 0 Å². The smallest absolute Gasteiger partial charge is 0.247 e. The Kier molecular flexibility index (Phi) is 3.52. The number of likely N-dealkylation sites (N-methyl/N-ethyl adjacent to an activating group) is 1. The minimum Gasteiger partial charge on any atom is -0.291 e. The molecule has 0 N–H and O–H groups in total. The van der Waals surface area contributed by atoms with Crippen molar-refractivity contribution in [2.75, 3.05) is 19.6 Å². The average molecular weight is 277 g/mol. The zero-order valence-corrected chi connectivity index (χ0v) is 11.6. The van der Waals surface area contributed by atoms with Crippen LogP contribution in [-0.2, 0) is 9.59 Å². The fourth-order valence-corrected chi connectivity index (χ4v) is 3.13. The molecule has 0 aromatic carbocycles. The fraction of sp³-hybridized carbons (Fsp3) is 0.692. The number of likely N-dealkylation sites (tertiary alicyclic amines) is 2. The van der Waals surface area contributed by atoms with Gasteiger partial charge in [0.2, 0.25) is 11.8 Å². The first-order valence-electron chi connectivity index (χ1n) is 7.14. The first-order chi connectivity index (χ1) is 9.70. The molecule has 2 aliphatic rings. The molecule has 20 heavy (non-hydrogen) atoms. The summed E-state index contributed by atoms with van der Waals surface area (Å²) in [6.07, 6.45) is 5.53. The summed E-state index contributed by atoms with van der Waals surface area (Å²) in [5, 5.41) is 8.35. The molecule has 0 bridgehead atoms. The van der Waals surface area contributed by atoms with Gasteiger partial charge in [0, 0.05) is 19.6 Å². The highest BCUT2D eigenvalue weighted by Crippen LogP contribution is 2.26. The summed E-state index contributed by atoms with van der Waals surface area (Å²) in [5.41, 5.74) is 0. The van der Waals surface area contributed by atoms with E-state index in [-0.39, 0.29) is 17.9 Å². The van der Waals surface area contributed by atoms with Gasteiger partial charge in [-0.1, -0.05) is 0 Å². The van der Waals surface area contributed by atoms with Gasteiger partial charge in [-0.05, 0) is 19.8 Å². The average Bonchev–Trinajstić information content (AvgIpc) is 3.08. The van der Waals surface area contributed by atoms with Crippen LogP contribution in [0.25, 0.3) is 0 Å². The maximum atomic E-state index is 12.2. The molecule has 1 unspecified atom stereocenters. The molecule has 1 aromatic rings. The molecular formula is C13H19N5O2. The highest BCUT2D eigenvalue weighted by Gasteiger charge is 2.42. The molecule has 0 saturated carbocycles. The number of carbonyl (C=O) groups is 2. The summed E-state index contributed by atoms with van der Waals surface area (Å²) in [7, 11) is 0. The first-order valence-corrected chi connectivity index (χ1v) is 7.14. The molecule has 2 saturated heterocycles. The van der Waals surface area contributed by atoms with Crippen molar-refractivity contribution >= 4 is 11.8 Å². The number of rotatable bonds is 3. The van der Waals surface area contributed by atoms with Crippen LogP contribution < -0.4 is 0 Å². The third-order valence-corrected chi connectivity index (χ3v) is 4.24. The minimum absolute atomic E-state index is 0.0341. The highest BCUT2D eigenvalue weighted by molar-refractivity contribution is 6.05. The third kappa shape index (κ3) is 2.22. The van der Waals surface area contributed by atoms with Crippen LogP contribution in [0, 0.1) is 0 Å². The largest absolute Gasteiger partial charge is 0.291 e. The van der Waals surface area contributed by atoms with Crippen LogP contribution in [0.4, 0.5) is 0 Å². The quantitative estimate of drug-likeness (QED) is 0.731. The van der Waals surface area contributed by atoms with Gasteiger partial charge in [-0.15, -0.1) is 0 Å². The monoisotopic (exact) mass is 277 g/mol. The zero-order chi connectivity index (χ0) is 14.1. The topological polar surface area (TPSA) is 71.3 Å². The van der Waals surface area contributed by atoms with E-state index >= 15 is 0 Å². The molecule has 2 amide bonds. The summed E-state index contributed by atoms with van der Waals surface area (Å²) in [5.74, 6) is -0.0773. The standard InChI is InChI=1S/C13H19N5O2/c1-2-17-12(19)9-11(13(17)20)16-7-3-10(4-8-16)18-14-5-6-15-18/h5-6,10-11H,2-4,7-9H2,1H3. The minimum atomic E-state index is -0.256. The van der Waals surface area contributed by atoms with Gasteiger partial charge in [0.1, 0.15) is 0 Å². The van der Waals surface area contributed by atoms with Crippen LogP contribution in [0.3, 0.4) is 0 Å². The second-order valence-electron chi connectivity index (χ2n) is 5.31. The molecular weight excluding hydrogens is 258 g/mol. The molecule has 2 aliphatic heterocycles. The van der Waals surface area contributed by atoms with Crippen LogP contribution in [0.2, 0.25) is 0 Å². The van der Waals surface area contributed by atoms with Crippen molar-refractivity contribution in [1.82, 2.24) is 24.8 Å². The molecule has 3 heterocycles. The molecule has 0 radical (unpaired) electrons. The normalized spacial score (nSPS) is 25.6. The Morgan fingerprint density at radius 2 is 1.85 bits per heavy atom. The van der Waals surface area contributed by atoms with Gasteiger partial charge < -0.3 is 0 Å². The van der Waals surface area contributed by atoms with E-state index in [2.05, 4.69) is 15.1 Å². The van der Waals surface area contributed by atoms with Gasteiger partial charge in [0.15, 0.2) is 0 Å². The molecule has 3 rings (SSSR count). The number of amides is 2. The van der Waals surface area contributed by atoms with E-state index in [1.165, 1.54) is 4.90 Å². The maximum absolute atomic E-state index is 12.2. The number of carbonyl (C=O) groups excluding carboxylic acids is 2. The number of aromatic nitrogens is 3. The summed E-state index contributed by atoms with van der Waals surface area (Å²) in [4.78, 5) is 29.2. The van der Waals surface area contributed by atoms with Crippen LogP contribution in [0.5, 0.6) is 0 Å². The van der Waals surface area contributed by atoms with E-state index in [1.807, 2.05) is 6.92 Å². The van der Waals surface area contributed by atoms with Crippen LogP contribution in [-0.4, -0.2) is 62.3 Å². The lowest BCUT2D eigenvalue weighted by Gasteiger charge is -2.34. The third-order valence-electron chi connectivity index (χ3n) is 4.24. The Bertz CT molecular complexity index is 493. The molecule has 1 atom stereocenters. The predicted octanol–water partition coefficient (Wildman–Crippen LogP) is 0.0624. The maximum Gasteiger partial charge on any atom is 0.247 e. The second-order valence-corrected chi connectivity index (χ2v) is 5.31. The zero-order valence-electron chi connectivity index (χ0n) is 11.6. The van der Waals surface area contributed by atoms with Crippen molar-refractivity contribution in [2.24, 2.45) is 0 Å². The second kappa shape index (κ2) is 5.32. The van der Waals surface area contributed by atoms with Crippen LogP contribution >= 0.6 is 0 Å². The van der Waals surface area contributed by atoms with Crippen molar-refractivity contribution in [2.45, 2.75) is 38.3 Å². The number of hydrogen-bond donors (Lipinski definition) is 0. The van der Waals surface area contributed by atoms with Gasteiger partial charge in [-0.2, -0.15) is 15.0 Å². The lowest BCUT2D eigenvalue weighted by molar-refractivity contribution is -0.139. The number of imide groups is 1. The lowest BCUT2D eigenvalue weighted by atomic mass is 10.0. The predicted molar refractivity (Wildman–Crippen MR) is 70.7 cm³/mol. The van der Waals surface area contributed by atoms with Gasteiger partial charge in [-0.3, -0.25) is 19.4 Å². The summed E-state index contributed by atoms with van der Waals surface area (Å²) in [6, 6.07) is 0.0460. The number of nitrogens with zero attached hydrogens (tertiary/aromatic N) is 5. The van der Waals surface area contributed by atoms with Gasteiger partial charge in [-0.25, -0.2) is 0 Å². The van der Waals surface area contributed by atoms with Crippen LogP contribution in [0.15, 0.2) is 12.4 Å². The van der Waals surface area contributed by atoms with E-state index in [0.29, 0.717) is 19.0 Å². The molecule has 7 nitrogen and oxygen atoms in total. The Morgan fingerprint density at radius 1 is 1.20 bits per heavy atom. The molecule has 1 aromatic heterocycles. The summed E-state index contributed by atoms with van der Waals surface area (Å²) in [6.45, 7) is 3.94. The van der Waals surface area contributed by atoms with E-state index < -0.39 is 0 Å². The van der Waals surface area contributed by atoms with E-state index in [4.69, 9.17) is 0 Å². The Morgan fingerprint density at radius 3 is 2.40 bits per heavy atom. The van der Waals surface area contributed by atoms with Crippen LogP contribution in [0.1, 0.15) is 32.2 Å². The highest BCUT2D eigenvalue weighted by atomic mass is 16.2. The molecule has 0 aliphatic carbocycles. The van der Waals surface area contributed by atoms with Gasteiger partial charge >= 0.3 is 0 Å². The fourth-order valence-electron chi connectivity index (χ4n) is 3.13. The number of hydrogen-bond acceptors (Lipinski definition) is 5. The van der Waals surface area contributed by atoms with Crippen molar-refractivity contribution in [1.29, 1.82) is 0 Å². The molecule has 7 heteroatoms. The van der Waals surface area contributed by atoms with E-state index in [0.717, 1.165) is 25.9 Å². The lowest BCUT2D eigenvalue weighted by Crippen LogP contribution is -2.46. The Hall–Kier alpha value is -1.76. The Labute approximate surface area is 117 Å².